The zero-order chi connectivity index (χ0) is 18.7. The van der Waals surface area contributed by atoms with Gasteiger partial charge in [-0.2, -0.15) is 0 Å². The van der Waals surface area contributed by atoms with Gasteiger partial charge in [-0.05, 0) is 50.0 Å². The highest BCUT2D eigenvalue weighted by Crippen LogP contribution is 2.45. The van der Waals surface area contributed by atoms with Crippen molar-refractivity contribution in [2.75, 3.05) is 37.7 Å². The standard InChI is InChI=1S/C21H30N4O2/c26-14-18-13-25(19-6-9-22-16-23-19)15-21(18)7-10-24(11-8-21)20(27)12-17-4-2-1-3-5-17/h4,6,9,16,18,26H,1-3,5,7-8,10-15H2. The lowest BCUT2D eigenvalue weighted by Gasteiger charge is -2.42. The van der Waals surface area contributed by atoms with Crippen molar-refractivity contribution in [1.82, 2.24) is 14.9 Å². The van der Waals surface area contributed by atoms with E-state index < -0.39 is 0 Å². The summed E-state index contributed by atoms with van der Waals surface area (Å²) in [5.74, 6) is 1.46. The number of anilines is 1. The number of aliphatic hydroxyl groups is 1. The van der Waals surface area contributed by atoms with Gasteiger partial charge in [0.1, 0.15) is 12.1 Å². The SMILES string of the molecule is O=C(CC1=CCCCC1)N1CCC2(CC1)CN(c1ccncn1)CC2CO. The van der Waals surface area contributed by atoms with Crippen LogP contribution in [0.1, 0.15) is 44.9 Å². The molecule has 146 valence electrons. The Morgan fingerprint density at radius 1 is 1.30 bits per heavy atom. The summed E-state index contributed by atoms with van der Waals surface area (Å²) >= 11 is 0. The zero-order valence-corrected chi connectivity index (χ0v) is 16.0. The molecule has 3 aliphatic rings. The molecule has 1 aromatic heterocycles. The number of piperidine rings is 1. The molecule has 6 heteroatoms. The van der Waals surface area contributed by atoms with E-state index in [1.165, 1.54) is 18.4 Å². The number of aromatic nitrogens is 2. The predicted octanol–water partition coefficient (Wildman–Crippen LogP) is 2.40. The first-order valence-corrected chi connectivity index (χ1v) is 10.3. The average molecular weight is 370 g/mol. The number of nitrogens with zero attached hydrogens (tertiary/aromatic N) is 4. The van der Waals surface area contributed by atoms with Gasteiger partial charge in [0.2, 0.25) is 5.91 Å². The minimum Gasteiger partial charge on any atom is -0.396 e. The third-order valence-corrected chi connectivity index (χ3v) is 6.80. The molecule has 1 spiro atoms. The second kappa shape index (κ2) is 7.97. The first-order valence-electron chi connectivity index (χ1n) is 10.3. The van der Waals surface area contributed by atoms with E-state index in [1.54, 1.807) is 12.5 Å². The molecule has 6 nitrogen and oxygen atoms in total. The molecule has 0 saturated carbocycles. The van der Waals surface area contributed by atoms with Gasteiger partial charge in [0.15, 0.2) is 0 Å². The highest BCUT2D eigenvalue weighted by Gasteiger charge is 2.48. The number of likely N-dealkylation sites (tertiary alicyclic amines) is 1. The van der Waals surface area contributed by atoms with E-state index in [1.807, 2.05) is 11.0 Å². The van der Waals surface area contributed by atoms with Crippen LogP contribution in [0.2, 0.25) is 0 Å². The van der Waals surface area contributed by atoms with E-state index in [-0.39, 0.29) is 23.8 Å². The molecule has 2 saturated heterocycles. The summed E-state index contributed by atoms with van der Waals surface area (Å²) in [4.78, 5) is 25.4. The molecule has 0 bridgehead atoms. The number of carbonyl (C=O) groups excluding carboxylic acids is 1. The number of hydrogen-bond donors (Lipinski definition) is 1. The van der Waals surface area contributed by atoms with Gasteiger partial charge in [0.25, 0.3) is 0 Å². The van der Waals surface area contributed by atoms with Crippen LogP contribution in [0.25, 0.3) is 0 Å². The molecule has 0 aromatic carbocycles. The van der Waals surface area contributed by atoms with Crippen molar-refractivity contribution in [3.8, 4) is 0 Å². The van der Waals surface area contributed by atoms with E-state index >= 15 is 0 Å². The molecule has 1 unspecified atom stereocenters. The monoisotopic (exact) mass is 370 g/mol. The molecule has 1 amide bonds. The van der Waals surface area contributed by atoms with Crippen LogP contribution in [0, 0.1) is 11.3 Å². The Morgan fingerprint density at radius 2 is 2.15 bits per heavy atom. The molecule has 1 aromatic rings. The predicted molar refractivity (Wildman–Crippen MR) is 104 cm³/mol. The quantitative estimate of drug-likeness (QED) is 0.824. The van der Waals surface area contributed by atoms with Crippen molar-refractivity contribution in [2.45, 2.75) is 44.9 Å². The lowest BCUT2D eigenvalue weighted by atomic mass is 9.71. The summed E-state index contributed by atoms with van der Waals surface area (Å²) in [6.45, 7) is 3.54. The van der Waals surface area contributed by atoms with Crippen molar-refractivity contribution >= 4 is 11.7 Å². The first-order chi connectivity index (χ1) is 13.2. The van der Waals surface area contributed by atoms with E-state index in [4.69, 9.17) is 0 Å². The van der Waals surface area contributed by atoms with Crippen molar-refractivity contribution in [2.24, 2.45) is 11.3 Å². The summed E-state index contributed by atoms with van der Waals surface area (Å²) in [6, 6.07) is 1.93. The summed E-state index contributed by atoms with van der Waals surface area (Å²) < 4.78 is 0. The normalized spacial score (nSPS) is 24.9. The number of rotatable bonds is 4. The van der Waals surface area contributed by atoms with Crippen molar-refractivity contribution in [1.29, 1.82) is 0 Å². The lowest BCUT2D eigenvalue weighted by molar-refractivity contribution is -0.133. The lowest BCUT2D eigenvalue weighted by Crippen LogP contribution is -2.47. The fourth-order valence-electron chi connectivity index (χ4n) is 5.07. The van der Waals surface area contributed by atoms with Crippen LogP contribution in [0.15, 0.2) is 30.2 Å². The number of aliphatic hydroxyl groups excluding tert-OH is 1. The largest absolute Gasteiger partial charge is 0.396 e. The average Bonchev–Trinajstić information content (AvgIpc) is 3.08. The van der Waals surface area contributed by atoms with Crippen LogP contribution in [0.4, 0.5) is 5.82 Å². The van der Waals surface area contributed by atoms with E-state index in [0.717, 1.165) is 57.7 Å². The van der Waals surface area contributed by atoms with Crippen LogP contribution in [0.5, 0.6) is 0 Å². The maximum absolute atomic E-state index is 12.7. The minimum absolute atomic E-state index is 0.0839. The smallest absolute Gasteiger partial charge is 0.226 e. The maximum atomic E-state index is 12.7. The van der Waals surface area contributed by atoms with Gasteiger partial charge in [-0.25, -0.2) is 9.97 Å². The molecule has 1 aliphatic carbocycles. The fraction of sp³-hybridized carbons (Fsp3) is 0.667. The summed E-state index contributed by atoms with van der Waals surface area (Å²) in [7, 11) is 0. The fourth-order valence-corrected chi connectivity index (χ4v) is 5.07. The van der Waals surface area contributed by atoms with Crippen molar-refractivity contribution in [3.63, 3.8) is 0 Å². The second-order valence-electron chi connectivity index (χ2n) is 8.36. The van der Waals surface area contributed by atoms with Gasteiger partial charge < -0.3 is 14.9 Å². The number of allylic oxidation sites excluding steroid dienone is 1. The van der Waals surface area contributed by atoms with Gasteiger partial charge in [-0.1, -0.05) is 11.6 Å². The Labute approximate surface area is 161 Å². The van der Waals surface area contributed by atoms with Gasteiger partial charge in [-0.15, -0.1) is 0 Å². The van der Waals surface area contributed by atoms with Gasteiger partial charge in [-0.3, -0.25) is 4.79 Å². The Bertz CT molecular complexity index is 683. The zero-order valence-electron chi connectivity index (χ0n) is 16.0. The minimum atomic E-state index is 0.0839. The Balaban J connectivity index is 1.38. The van der Waals surface area contributed by atoms with Crippen molar-refractivity contribution in [3.05, 3.63) is 30.2 Å². The first kappa shape index (κ1) is 18.4. The van der Waals surface area contributed by atoms with Crippen LogP contribution < -0.4 is 4.90 Å². The molecule has 3 heterocycles. The molecule has 1 atom stereocenters. The summed E-state index contributed by atoms with van der Waals surface area (Å²) in [5, 5.41) is 9.99. The molecule has 0 radical (unpaired) electrons. The van der Waals surface area contributed by atoms with Crippen molar-refractivity contribution < 1.29 is 9.90 Å². The highest BCUT2D eigenvalue weighted by atomic mass is 16.3. The second-order valence-corrected chi connectivity index (χ2v) is 8.36. The third kappa shape index (κ3) is 3.86. The number of amides is 1. The van der Waals surface area contributed by atoms with Crippen LogP contribution in [-0.2, 0) is 4.79 Å². The topological polar surface area (TPSA) is 69.6 Å². The maximum Gasteiger partial charge on any atom is 0.226 e. The van der Waals surface area contributed by atoms with Gasteiger partial charge in [0, 0.05) is 51.3 Å². The Kier molecular flexibility index (Phi) is 5.43. The van der Waals surface area contributed by atoms with E-state index in [9.17, 15) is 9.90 Å². The number of carbonyl (C=O) groups is 1. The molecule has 4 rings (SSSR count). The summed E-state index contributed by atoms with van der Waals surface area (Å²) in [6.07, 6.45) is 12.8. The van der Waals surface area contributed by atoms with Crippen LogP contribution in [-0.4, -0.2) is 58.7 Å². The Morgan fingerprint density at radius 3 is 2.81 bits per heavy atom. The molecule has 2 fully saturated rings. The van der Waals surface area contributed by atoms with Crippen LogP contribution in [0.3, 0.4) is 0 Å². The van der Waals surface area contributed by atoms with E-state index in [0.29, 0.717) is 6.42 Å². The molecule has 2 aliphatic heterocycles. The van der Waals surface area contributed by atoms with Crippen LogP contribution >= 0.6 is 0 Å². The summed E-state index contributed by atoms with van der Waals surface area (Å²) in [5.41, 5.74) is 1.41. The van der Waals surface area contributed by atoms with Gasteiger partial charge >= 0.3 is 0 Å². The molecular formula is C21H30N4O2. The Hall–Kier alpha value is -1.95. The third-order valence-electron chi connectivity index (χ3n) is 6.80. The van der Waals surface area contributed by atoms with Gasteiger partial charge in [0.05, 0.1) is 0 Å². The molecular weight excluding hydrogens is 340 g/mol. The highest BCUT2D eigenvalue weighted by molar-refractivity contribution is 5.78. The molecule has 27 heavy (non-hydrogen) atoms. The van der Waals surface area contributed by atoms with E-state index in [2.05, 4.69) is 20.9 Å². The molecule has 1 N–H and O–H groups in total. The number of hydrogen-bond acceptors (Lipinski definition) is 5.